The third-order valence-electron chi connectivity index (χ3n) is 8.82. The molecule has 0 aliphatic heterocycles. The van der Waals surface area contributed by atoms with Crippen LogP contribution in [0.15, 0.2) is 0 Å². The van der Waals surface area contributed by atoms with Crippen LogP contribution < -0.4 is 0 Å². The maximum absolute atomic E-state index is 13.1. The molecule has 2 unspecified atom stereocenters. The highest BCUT2D eigenvalue weighted by Gasteiger charge is 2.30. The lowest BCUT2D eigenvalue weighted by atomic mass is 10.1. The van der Waals surface area contributed by atoms with E-state index in [1.165, 1.54) is 141 Å². The Labute approximate surface area is 270 Å². The van der Waals surface area contributed by atoms with E-state index in [1.807, 2.05) is 0 Å². The van der Waals surface area contributed by atoms with E-state index in [1.54, 1.807) is 0 Å². The van der Waals surface area contributed by atoms with Gasteiger partial charge in [-0.3, -0.25) is 13.9 Å². The van der Waals surface area contributed by atoms with E-state index in [9.17, 15) is 9.46 Å². The number of hydrogen-bond donors (Lipinski definition) is 1. The summed E-state index contributed by atoms with van der Waals surface area (Å²) in [5.74, 6) is 0. The van der Waals surface area contributed by atoms with Crippen molar-refractivity contribution in [3.05, 3.63) is 0 Å². The predicted octanol–water partition coefficient (Wildman–Crippen LogP) is 13.1. The first-order chi connectivity index (χ1) is 21.0. The third kappa shape index (κ3) is 30.5. The fraction of sp³-hybridized carbons (Fsp3) is 1.00. The summed E-state index contributed by atoms with van der Waals surface area (Å²) in [6, 6.07) is 0. The van der Waals surface area contributed by atoms with Gasteiger partial charge >= 0.3 is 7.82 Å². The molecule has 5 nitrogen and oxygen atoms in total. The molecule has 0 aromatic heterocycles. The molecule has 0 amide bonds. The minimum atomic E-state index is -4.09. The van der Waals surface area contributed by atoms with E-state index in [0.29, 0.717) is 6.61 Å². The van der Waals surface area contributed by atoms with Crippen LogP contribution in [0.4, 0.5) is 0 Å². The number of phosphoric acid groups is 1. The molecule has 0 heterocycles. The van der Waals surface area contributed by atoms with E-state index in [0.717, 1.165) is 58.0 Å². The zero-order valence-electron chi connectivity index (χ0n) is 29.8. The first-order valence-corrected chi connectivity index (χ1v) is 20.9. The molecule has 0 radical (unpaired) electrons. The van der Waals surface area contributed by atoms with Crippen molar-refractivity contribution in [3.63, 3.8) is 0 Å². The van der Waals surface area contributed by atoms with Gasteiger partial charge in [-0.15, -0.1) is 0 Å². The van der Waals surface area contributed by atoms with E-state index in [4.69, 9.17) is 9.05 Å². The van der Waals surface area contributed by atoms with Gasteiger partial charge in [0.05, 0.1) is 6.61 Å². The lowest BCUT2D eigenvalue weighted by molar-refractivity contribution is -0.0135. The Balaban J connectivity index is 5.01. The molecule has 6 heteroatoms. The molecular weight excluding hydrogens is 553 g/mol. The van der Waals surface area contributed by atoms with Gasteiger partial charge in [0, 0.05) is 13.1 Å². The molecule has 0 aliphatic rings. The second-order valence-corrected chi connectivity index (χ2v) is 14.6. The Morgan fingerprint density at radius 2 is 0.814 bits per heavy atom. The minimum absolute atomic E-state index is 0.306. The normalized spacial score (nSPS) is 14.0. The van der Waals surface area contributed by atoms with Gasteiger partial charge in [-0.2, -0.15) is 0 Å². The SMILES string of the molecule is CCCCCCCCCCN(CCCCCCCCCC)C(CCCCCCC)OP(=O)(O)OCCCCCCCCC. The van der Waals surface area contributed by atoms with Crippen molar-refractivity contribution in [1.29, 1.82) is 0 Å². The van der Waals surface area contributed by atoms with Crippen molar-refractivity contribution >= 4 is 7.82 Å². The molecule has 0 aromatic rings. The molecular formula is C37H78NO4P. The van der Waals surface area contributed by atoms with Crippen molar-refractivity contribution < 1.29 is 18.5 Å². The molecule has 0 saturated heterocycles. The lowest BCUT2D eigenvalue weighted by Gasteiger charge is -2.32. The summed E-state index contributed by atoms with van der Waals surface area (Å²) in [6.45, 7) is 11.2. The molecule has 0 fully saturated rings. The Morgan fingerprint density at radius 1 is 0.488 bits per heavy atom. The first-order valence-electron chi connectivity index (χ1n) is 19.4. The summed E-state index contributed by atoms with van der Waals surface area (Å²) >= 11 is 0. The summed E-state index contributed by atoms with van der Waals surface area (Å²) in [7, 11) is -4.09. The quantitative estimate of drug-likeness (QED) is 0.0423. The lowest BCUT2D eigenvalue weighted by Crippen LogP contribution is -2.38. The summed E-state index contributed by atoms with van der Waals surface area (Å²) in [6.07, 6.45) is 35.2. The third-order valence-corrected chi connectivity index (χ3v) is 9.84. The van der Waals surface area contributed by atoms with Crippen molar-refractivity contribution in [3.8, 4) is 0 Å². The van der Waals surface area contributed by atoms with Crippen LogP contribution in [0.5, 0.6) is 0 Å². The van der Waals surface area contributed by atoms with Gasteiger partial charge in [0.2, 0.25) is 0 Å². The molecule has 0 aromatic carbocycles. The molecule has 0 bridgehead atoms. The average Bonchev–Trinajstić information content (AvgIpc) is 2.99. The minimum Gasteiger partial charge on any atom is -0.302 e. The van der Waals surface area contributed by atoms with E-state index >= 15 is 0 Å². The van der Waals surface area contributed by atoms with Gasteiger partial charge in [0.25, 0.3) is 0 Å². The Kier molecular flexibility index (Phi) is 33.5. The van der Waals surface area contributed by atoms with Crippen molar-refractivity contribution in [2.24, 2.45) is 0 Å². The van der Waals surface area contributed by atoms with Gasteiger partial charge < -0.3 is 4.89 Å². The molecule has 0 saturated carbocycles. The zero-order chi connectivity index (χ0) is 31.7. The number of phosphoric ester groups is 1. The highest BCUT2D eigenvalue weighted by atomic mass is 31.2. The standard InChI is InChI=1S/C37H78NO4P/c1-5-9-13-17-20-22-26-30-34-38(35-31-27-23-21-18-14-10-6-2)37(33-29-25-16-12-8-4)42-43(39,40)41-36-32-28-24-19-15-11-7-3/h37H,5-36H2,1-4H3,(H,39,40). The summed E-state index contributed by atoms with van der Waals surface area (Å²) in [5, 5.41) is 0. The highest BCUT2D eigenvalue weighted by molar-refractivity contribution is 7.47. The van der Waals surface area contributed by atoms with Crippen LogP contribution in [0.25, 0.3) is 0 Å². The topological polar surface area (TPSA) is 59.0 Å². The molecule has 43 heavy (non-hydrogen) atoms. The number of unbranched alkanes of at least 4 members (excludes halogenated alkanes) is 24. The van der Waals surface area contributed by atoms with Gasteiger partial charge in [-0.1, -0.05) is 182 Å². The maximum Gasteiger partial charge on any atom is 0.473 e. The van der Waals surface area contributed by atoms with Gasteiger partial charge in [0.1, 0.15) is 6.23 Å². The predicted molar refractivity (Wildman–Crippen MR) is 189 cm³/mol. The van der Waals surface area contributed by atoms with Gasteiger partial charge in [-0.05, 0) is 32.1 Å². The molecule has 0 aliphatic carbocycles. The second-order valence-electron chi connectivity index (χ2n) is 13.2. The van der Waals surface area contributed by atoms with E-state index in [-0.39, 0.29) is 6.23 Å². The van der Waals surface area contributed by atoms with Gasteiger partial charge in [-0.25, -0.2) is 4.57 Å². The maximum atomic E-state index is 13.1. The van der Waals surface area contributed by atoms with Crippen molar-refractivity contribution in [1.82, 2.24) is 4.90 Å². The Morgan fingerprint density at radius 3 is 1.21 bits per heavy atom. The molecule has 260 valence electrons. The van der Waals surface area contributed by atoms with E-state index < -0.39 is 7.82 Å². The fourth-order valence-electron chi connectivity index (χ4n) is 5.95. The largest absolute Gasteiger partial charge is 0.473 e. The average molecular weight is 632 g/mol. The number of rotatable bonds is 36. The zero-order valence-corrected chi connectivity index (χ0v) is 30.7. The van der Waals surface area contributed by atoms with Crippen LogP contribution in [0.1, 0.15) is 214 Å². The Bertz CT molecular complexity index is 571. The fourth-order valence-corrected chi connectivity index (χ4v) is 6.91. The van der Waals surface area contributed by atoms with Gasteiger partial charge in [0.15, 0.2) is 0 Å². The molecule has 1 N–H and O–H groups in total. The Hall–Kier alpha value is 0.0700. The molecule has 0 spiro atoms. The van der Waals surface area contributed by atoms with Crippen molar-refractivity contribution in [2.75, 3.05) is 19.7 Å². The number of hydrogen-bond acceptors (Lipinski definition) is 4. The van der Waals surface area contributed by atoms with Crippen LogP contribution >= 0.6 is 7.82 Å². The summed E-state index contributed by atoms with van der Waals surface area (Å²) in [4.78, 5) is 13.2. The smallest absolute Gasteiger partial charge is 0.302 e. The van der Waals surface area contributed by atoms with Crippen molar-refractivity contribution in [2.45, 2.75) is 220 Å². The summed E-state index contributed by atoms with van der Waals surface area (Å²) in [5.41, 5.74) is 0. The monoisotopic (exact) mass is 632 g/mol. The molecule has 2 atom stereocenters. The highest BCUT2D eigenvalue weighted by Crippen LogP contribution is 2.46. The van der Waals surface area contributed by atoms with Crippen LogP contribution in [0, 0.1) is 0 Å². The van der Waals surface area contributed by atoms with Crippen LogP contribution in [-0.2, 0) is 13.6 Å². The number of nitrogens with zero attached hydrogens (tertiary/aromatic N) is 1. The molecule has 0 rings (SSSR count). The summed E-state index contributed by atoms with van der Waals surface area (Å²) < 4.78 is 24.7. The van der Waals surface area contributed by atoms with Crippen LogP contribution in [0.3, 0.4) is 0 Å². The first kappa shape index (κ1) is 43.1. The van der Waals surface area contributed by atoms with E-state index in [2.05, 4.69) is 32.6 Å². The van der Waals surface area contributed by atoms with Crippen LogP contribution in [0.2, 0.25) is 0 Å². The second kappa shape index (κ2) is 33.4. The van der Waals surface area contributed by atoms with Crippen LogP contribution in [-0.4, -0.2) is 35.7 Å².